The van der Waals surface area contributed by atoms with E-state index in [4.69, 9.17) is 0 Å². The number of carbonyl (C=O) groups excluding carboxylic acids is 2. The van der Waals surface area contributed by atoms with E-state index in [1.165, 1.54) is 5.69 Å². The summed E-state index contributed by atoms with van der Waals surface area (Å²) in [6, 6.07) is 17.9. The number of benzene rings is 2. The molecule has 1 amide bonds. The molecule has 2 aromatic carbocycles. The number of piperazine rings is 1. The van der Waals surface area contributed by atoms with Crippen LogP contribution in [0, 0.1) is 0 Å². The highest BCUT2D eigenvalue weighted by atomic mass is 32.2. The van der Waals surface area contributed by atoms with Crippen LogP contribution in [0.2, 0.25) is 0 Å². The third-order valence-electron chi connectivity index (χ3n) is 6.02. The quantitative estimate of drug-likeness (QED) is 0.386. The summed E-state index contributed by atoms with van der Waals surface area (Å²) in [4.78, 5) is 29.9. The first-order valence-corrected chi connectivity index (χ1v) is 12.9. The number of hydrogen-bond acceptors (Lipinski definition) is 5. The largest absolute Gasteiger partial charge is 0.369 e. The Hall–Kier alpha value is -2.31. The molecule has 5 nitrogen and oxygen atoms in total. The van der Waals surface area contributed by atoms with Crippen LogP contribution in [0.3, 0.4) is 0 Å². The average molecular weight is 454 g/mol. The Morgan fingerprint density at radius 2 is 1.75 bits per heavy atom. The number of thioether (sulfide) groups is 1. The van der Waals surface area contributed by atoms with Crippen molar-refractivity contribution < 1.29 is 9.59 Å². The maximum Gasteiger partial charge on any atom is 0.237 e. The Morgan fingerprint density at radius 3 is 2.44 bits per heavy atom. The van der Waals surface area contributed by atoms with Crippen LogP contribution < -0.4 is 10.2 Å². The number of nitrogens with zero attached hydrogens (tertiary/aromatic N) is 2. The third-order valence-corrected chi connectivity index (χ3v) is 7.14. The minimum absolute atomic E-state index is 0.00281. The van der Waals surface area contributed by atoms with Crippen molar-refractivity contribution in [2.45, 2.75) is 37.9 Å². The van der Waals surface area contributed by atoms with Gasteiger partial charge in [0, 0.05) is 49.5 Å². The van der Waals surface area contributed by atoms with Crippen molar-refractivity contribution in [1.82, 2.24) is 4.90 Å². The number of para-hydroxylation sites is 1. The molecule has 1 aliphatic rings. The summed E-state index contributed by atoms with van der Waals surface area (Å²) < 4.78 is 0. The first kappa shape index (κ1) is 24.3. The number of anilines is 2. The summed E-state index contributed by atoms with van der Waals surface area (Å²) in [6.07, 6.45) is 5.19. The van der Waals surface area contributed by atoms with E-state index in [0.29, 0.717) is 17.7 Å². The summed E-state index contributed by atoms with van der Waals surface area (Å²) in [6.45, 7) is 7.29. The van der Waals surface area contributed by atoms with E-state index in [1.54, 1.807) is 17.8 Å². The molecule has 3 rings (SSSR count). The molecule has 32 heavy (non-hydrogen) atoms. The second kappa shape index (κ2) is 12.7. The molecule has 0 saturated carbocycles. The Morgan fingerprint density at radius 1 is 1.00 bits per heavy atom. The van der Waals surface area contributed by atoms with Crippen LogP contribution in [0.15, 0.2) is 54.6 Å². The minimum Gasteiger partial charge on any atom is -0.369 e. The van der Waals surface area contributed by atoms with Gasteiger partial charge in [-0.3, -0.25) is 14.5 Å². The van der Waals surface area contributed by atoms with Gasteiger partial charge in [-0.25, -0.2) is 0 Å². The zero-order chi connectivity index (χ0) is 22.8. The summed E-state index contributed by atoms with van der Waals surface area (Å²) in [7, 11) is 0. The van der Waals surface area contributed by atoms with Crippen LogP contribution in [0.5, 0.6) is 0 Å². The Balaban J connectivity index is 1.38. The van der Waals surface area contributed by atoms with E-state index in [2.05, 4.69) is 45.4 Å². The maximum absolute atomic E-state index is 12.6. The fourth-order valence-electron chi connectivity index (χ4n) is 4.09. The maximum atomic E-state index is 12.6. The van der Waals surface area contributed by atoms with Gasteiger partial charge in [-0.2, -0.15) is 11.8 Å². The molecule has 1 N–H and O–H groups in total. The summed E-state index contributed by atoms with van der Waals surface area (Å²) in [5, 5.41) is 2.88. The van der Waals surface area contributed by atoms with Crippen molar-refractivity contribution in [1.29, 1.82) is 0 Å². The van der Waals surface area contributed by atoms with Crippen LogP contribution in [0.25, 0.3) is 0 Å². The van der Waals surface area contributed by atoms with Gasteiger partial charge in [0.15, 0.2) is 5.78 Å². The molecule has 1 unspecified atom stereocenters. The van der Waals surface area contributed by atoms with Crippen molar-refractivity contribution in [2.75, 3.05) is 49.2 Å². The Bertz CT molecular complexity index is 862. The van der Waals surface area contributed by atoms with Crippen molar-refractivity contribution in [2.24, 2.45) is 0 Å². The van der Waals surface area contributed by atoms with Crippen molar-refractivity contribution in [3.8, 4) is 0 Å². The number of rotatable bonds is 11. The van der Waals surface area contributed by atoms with Gasteiger partial charge in [0.05, 0.1) is 5.25 Å². The summed E-state index contributed by atoms with van der Waals surface area (Å²) in [5.74, 6) is 0.142. The number of unbranched alkanes of at least 4 members (excludes halogenated alkanes) is 1. The number of nitrogens with one attached hydrogen (secondary N) is 1. The van der Waals surface area contributed by atoms with E-state index in [-0.39, 0.29) is 16.9 Å². The second-order valence-electron chi connectivity index (χ2n) is 8.25. The molecule has 0 aromatic heterocycles. The van der Waals surface area contributed by atoms with E-state index in [9.17, 15) is 9.59 Å². The molecule has 1 atom stereocenters. The van der Waals surface area contributed by atoms with Crippen molar-refractivity contribution in [3.05, 3.63) is 60.2 Å². The first-order valence-electron chi connectivity index (χ1n) is 11.6. The smallest absolute Gasteiger partial charge is 0.237 e. The van der Waals surface area contributed by atoms with Gasteiger partial charge < -0.3 is 10.2 Å². The summed E-state index contributed by atoms with van der Waals surface area (Å²) in [5.41, 5.74) is 2.68. The van der Waals surface area contributed by atoms with Crippen LogP contribution >= 0.6 is 11.8 Å². The average Bonchev–Trinajstić information content (AvgIpc) is 2.83. The predicted molar refractivity (Wildman–Crippen MR) is 136 cm³/mol. The van der Waals surface area contributed by atoms with Crippen LogP contribution in [0.1, 0.15) is 43.0 Å². The lowest BCUT2D eigenvalue weighted by Crippen LogP contribution is -2.46. The van der Waals surface area contributed by atoms with E-state index >= 15 is 0 Å². The number of hydrogen-bond donors (Lipinski definition) is 1. The van der Waals surface area contributed by atoms with Gasteiger partial charge in [0.2, 0.25) is 5.91 Å². The minimum atomic E-state index is -0.0658. The zero-order valence-corrected chi connectivity index (χ0v) is 20.1. The van der Waals surface area contributed by atoms with Gasteiger partial charge in [-0.1, -0.05) is 37.3 Å². The molecule has 2 aromatic rings. The molecule has 0 radical (unpaired) electrons. The van der Waals surface area contributed by atoms with Crippen molar-refractivity contribution >= 4 is 34.8 Å². The normalized spacial score (nSPS) is 15.4. The molecular weight excluding hydrogens is 418 g/mol. The first-order chi connectivity index (χ1) is 15.6. The third kappa shape index (κ3) is 7.10. The highest BCUT2D eigenvalue weighted by Gasteiger charge is 2.17. The van der Waals surface area contributed by atoms with Crippen molar-refractivity contribution in [3.63, 3.8) is 0 Å². The standard InChI is InChI=1S/C26H35N3O2S/c1-3-25(32-2)26(31)27-22-11-9-10-21(20-22)24(30)14-7-8-15-28-16-18-29(19-17-28)23-12-5-4-6-13-23/h4-6,9-13,20,25H,3,7-8,14-19H2,1-2H3,(H,27,31). The lowest BCUT2D eigenvalue weighted by molar-refractivity contribution is -0.115. The second-order valence-corrected chi connectivity index (χ2v) is 9.29. The molecule has 172 valence electrons. The molecule has 0 spiro atoms. The lowest BCUT2D eigenvalue weighted by Gasteiger charge is -2.36. The van der Waals surface area contributed by atoms with Crippen LogP contribution in [-0.4, -0.2) is 60.8 Å². The highest BCUT2D eigenvalue weighted by Crippen LogP contribution is 2.18. The topological polar surface area (TPSA) is 52.7 Å². The predicted octanol–water partition coefficient (Wildman–Crippen LogP) is 4.94. The molecule has 1 fully saturated rings. The number of amides is 1. The number of Topliss-reactive ketones (excluding diaryl/α,β-unsaturated/α-hetero) is 1. The highest BCUT2D eigenvalue weighted by molar-refractivity contribution is 7.99. The van der Waals surface area contributed by atoms with Crippen LogP contribution in [-0.2, 0) is 4.79 Å². The molecule has 6 heteroatoms. The van der Waals surface area contributed by atoms with E-state index < -0.39 is 0 Å². The van der Waals surface area contributed by atoms with Gasteiger partial charge >= 0.3 is 0 Å². The van der Waals surface area contributed by atoms with E-state index in [0.717, 1.165) is 52.0 Å². The molecule has 1 saturated heterocycles. The Labute approximate surface area is 196 Å². The molecule has 1 aliphatic heterocycles. The monoisotopic (exact) mass is 453 g/mol. The van der Waals surface area contributed by atoms with Gasteiger partial charge in [0.25, 0.3) is 0 Å². The number of ketones is 1. The summed E-state index contributed by atoms with van der Waals surface area (Å²) >= 11 is 1.55. The zero-order valence-electron chi connectivity index (χ0n) is 19.3. The molecule has 1 heterocycles. The molecule has 0 aliphatic carbocycles. The molecule has 0 bridgehead atoms. The lowest BCUT2D eigenvalue weighted by atomic mass is 10.0. The van der Waals surface area contributed by atoms with Crippen LogP contribution in [0.4, 0.5) is 11.4 Å². The van der Waals surface area contributed by atoms with Gasteiger partial charge in [0.1, 0.15) is 0 Å². The van der Waals surface area contributed by atoms with Gasteiger partial charge in [-0.15, -0.1) is 0 Å². The fraction of sp³-hybridized carbons (Fsp3) is 0.462. The SMILES string of the molecule is CCC(SC)C(=O)Nc1cccc(C(=O)CCCCN2CCN(c3ccccc3)CC2)c1. The Kier molecular flexibility index (Phi) is 9.62. The van der Waals surface area contributed by atoms with E-state index in [1.807, 2.05) is 31.4 Å². The molecular formula is C26H35N3O2S. The fourth-order valence-corrected chi connectivity index (χ4v) is 4.69. The number of carbonyl (C=O) groups is 2. The van der Waals surface area contributed by atoms with Gasteiger partial charge in [-0.05, 0) is 56.3 Å².